The molecular weight excluding hydrogens is 340 g/mol. The average Bonchev–Trinajstić information content (AvgIpc) is 2.61. The molecule has 0 aliphatic rings. The first-order valence-corrected chi connectivity index (χ1v) is 7.77. The number of methoxy groups -OCH3 is 2. The van der Waals surface area contributed by atoms with Crippen LogP contribution in [0.25, 0.3) is 6.08 Å². The Kier molecular flexibility index (Phi) is 6.04. The summed E-state index contributed by atoms with van der Waals surface area (Å²) in [5.41, 5.74) is 2.12. The Bertz CT molecular complexity index is 852. The highest BCUT2D eigenvalue weighted by Gasteiger charge is 2.13. The van der Waals surface area contributed by atoms with Gasteiger partial charge in [-0.25, -0.2) is 0 Å². The van der Waals surface area contributed by atoms with Crippen LogP contribution in [0.4, 0.5) is 5.69 Å². The van der Waals surface area contributed by atoms with Gasteiger partial charge < -0.3 is 14.8 Å². The molecule has 0 fully saturated rings. The zero-order valence-electron chi connectivity index (χ0n) is 14.1. The molecule has 6 heteroatoms. The predicted octanol–water partition coefficient (Wildman–Crippen LogP) is 4.21. The van der Waals surface area contributed by atoms with Gasteiger partial charge in [-0.1, -0.05) is 29.3 Å². The number of rotatable bonds is 5. The molecule has 0 bridgehead atoms. The summed E-state index contributed by atoms with van der Waals surface area (Å²) in [6.45, 7) is 1.95. The summed E-state index contributed by atoms with van der Waals surface area (Å²) in [5, 5.41) is 12.4. The van der Waals surface area contributed by atoms with E-state index in [0.29, 0.717) is 27.8 Å². The number of amides is 1. The maximum absolute atomic E-state index is 12.3. The molecule has 0 radical (unpaired) electrons. The van der Waals surface area contributed by atoms with E-state index >= 15 is 0 Å². The van der Waals surface area contributed by atoms with Gasteiger partial charge in [0.1, 0.15) is 23.1 Å². The number of nitrogens with zero attached hydrogens (tertiary/aromatic N) is 1. The summed E-state index contributed by atoms with van der Waals surface area (Å²) >= 11 is 6.12. The van der Waals surface area contributed by atoms with E-state index in [2.05, 4.69) is 5.32 Å². The number of nitriles is 1. The maximum Gasteiger partial charge on any atom is 0.266 e. The molecule has 2 rings (SSSR count). The Morgan fingerprint density at radius 2 is 1.80 bits per heavy atom. The van der Waals surface area contributed by atoms with Crippen molar-refractivity contribution in [3.63, 3.8) is 0 Å². The number of nitrogens with one attached hydrogen (secondary N) is 1. The standard InChI is InChI=1S/C19H17ClN2O3/c1-12-4-6-15(7-5-12)22-19(23)14(11-21)8-13-9-16(20)18(25-3)10-17(13)24-2/h4-10H,1-3H3,(H,22,23)/b14-8+. The Labute approximate surface area is 151 Å². The van der Waals surface area contributed by atoms with E-state index in [-0.39, 0.29) is 5.57 Å². The first-order chi connectivity index (χ1) is 12.0. The Balaban J connectivity index is 2.33. The minimum absolute atomic E-state index is 0.0693. The van der Waals surface area contributed by atoms with Crippen molar-refractivity contribution in [3.8, 4) is 17.6 Å². The second kappa shape index (κ2) is 8.22. The highest BCUT2D eigenvalue weighted by molar-refractivity contribution is 6.32. The molecule has 0 heterocycles. The molecule has 2 aromatic carbocycles. The smallest absolute Gasteiger partial charge is 0.266 e. The molecule has 1 N–H and O–H groups in total. The van der Waals surface area contributed by atoms with Crippen LogP contribution in [0.1, 0.15) is 11.1 Å². The summed E-state index contributed by atoms with van der Waals surface area (Å²) < 4.78 is 10.4. The summed E-state index contributed by atoms with van der Waals surface area (Å²) in [6, 6.07) is 12.4. The summed E-state index contributed by atoms with van der Waals surface area (Å²) in [6.07, 6.45) is 1.42. The van der Waals surface area contributed by atoms with Gasteiger partial charge in [-0.2, -0.15) is 5.26 Å². The van der Waals surface area contributed by atoms with Gasteiger partial charge in [-0.15, -0.1) is 0 Å². The first-order valence-electron chi connectivity index (χ1n) is 7.39. The van der Waals surface area contributed by atoms with E-state index in [1.807, 2.05) is 25.1 Å². The third kappa shape index (κ3) is 4.52. The fourth-order valence-electron chi connectivity index (χ4n) is 2.14. The van der Waals surface area contributed by atoms with Crippen LogP contribution in [0.3, 0.4) is 0 Å². The number of aryl methyl sites for hydroxylation is 1. The fourth-order valence-corrected chi connectivity index (χ4v) is 2.38. The van der Waals surface area contributed by atoms with Gasteiger partial charge in [0.2, 0.25) is 0 Å². The molecule has 0 spiro atoms. The fraction of sp³-hybridized carbons (Fsp3) is 0.158. The second-order valence-electron chi connectivity index (χ2n) is 5.22. The van der Waals surface area contributed by atoms with Crippen LogP contribution >= 0.6 is 11.6 Å². The third-order valence-electron chi connectivity index (χ3n) is 3.48. The van der Waals surface area contributed by atoms with E-state index in [4.69, 9.17) is 21.1 Å². The number of halogens is 1. The Morgan fingerprint density at radius 3 is 2.36 bits per heavy atom. The monoisotopic (exact) mass is 356 g/mol. The SMILES string of the molecule is COc1cc(OC)c(/C=C(\C#N)C(=O)Nc2ccc(C)cc2)cc1Cl. The van der Waals surface area contributed by atoms with Gasteiger partial charge in [0, 0.05) is 17.3 Å². The molecule has 0 atom stereocenters. The van der Waals surface area contributed by atoms with Gasteiger partial charge in [0.05, 0.1) is 19.2 Å². The lowest BCUT2D eigenvalue weighted by Gasteiger charge is -2.10. The minimum Gasteiger partial charge on any atom is -0.496 e. The van der Waals surface area contributed by atoms with Crippen LogP contribution in [0.15, 0.2) is 42.0 Å². The number of anilines is 1. The number of benzene rings is 2. The molecule has 128 valence electrons. The van der Waals surface area contributed by atoms with Gasteiger partial charge in [-0.05, 0) is 31.2 Å². The molecule has 0 saturated heterocycles. The van der Waals surface area contributed by atoms with Gasteiger partial charge in [-0.3, -0.25) is 4.79 Å². The average molecular weight is 357 g/mol. The molecule has 5 nitrogen and oxygen atoms in total. The first kappa shape index (κ1) is 18.4. The molecule has 0 saturated carbocycles. The van der Waals surface area contributed by atoms with Gasteiger partial charge >= 0.3 is 0 Å². The zero-order chi connectivity index (χ0) is 18.4. The van der Waals surface area contributed by atoms with Crippen molar-refractivity contribution in [1.29, 1.82) is 5.26 Å². The van der Waals surface area contributed by atoms with Crippen LogP contribution in [-0.2, 0) is 4.79 Å². The van der Waals surface area contributed by atoms with Crippen LogP contribution in [0.5, 0.6) is 11.5 Å². The van der Waals surface area contributed by atoms with E-state index in [0.717, 1.165) is 5.56 Å². The minimum atomic E-state index is -0.514. The number of hydrogen-bond donors (Lipinski definition) is 1. The van der Waals surface area contributed by atoms with Crippen molar-refractivity contribution in [1.82, 2.24) is 0 Å². The van der Waals surface area contributed by atoms with Crippen LogP contribution in [-0.4, -0.2) is 20.1 Å². The van der Waals surface area contributed by atoms with E-state index in [1.54, 1.807) is 24.3 Å². The number of hydrogen-bond acceptors (Lipinski definition) is 4. The lowest BCUT2D eigenvalue weighted by Crippen LogP contribution is -2.13. The zero-order valence-corrected chi connectivity index (χ0v) is 14.8. The Morgan fingerprint density at radius 1 is 1.16 bits per heavy atom. The number of carbonyl (C=O) groups is 1. The highest BCUT2D eigenvalue weighted by Crippen LogP contribution is 2.33. The van der Waals surface area contributed by atoms with Crippen LogP contribution in [0.2, 0.25) is 5.02 Å². The third-order valence-corrected chi connectivity index (χ3v) is 3.77. The van der Waals surface area contributed by atoms with Crippen molar-refractivity contribution in [3.05, 3.63) is 58.1 Å². The molecule has 0 aromatic heterocycles. The summed E-state index contributed by atoms with van der Waals surface area (Å²) in [7, 11) is 2.98. The Hall–Kier alpha value is -2.97. The quantitative estimate of drug-likeness (QED) is 0.643. The molecule has 0 aliphatic heterocycles. The molecule has 0 unspecified atom stereocenters. The molecule has 1 amide bonds. The van der Waals surface area contributed by atoms with Crippen molar-refractivity contribution in [2.45, 2.75) is 6.92 Å². The topological polar surface area (TPSA) is 71.3 Å². The molecule has 0 aliphatic carbocycles. The van der Waals surface area contributed by atoms with E-state index < -0.39 is 5.91 Å². The van der Waals surface area contributed by atoms with E-state index in [9.17, 15) is 10.1 Å². The van der Waals surface area contributed by atoms with E-state index in [1.165, 1.54) is 20.3 Å². The van der Waals surface area contributed by atoms with Crippen molar-refractivity contribution >= 4 is 29.3 Å². The molecule has 25 heavy (non-hydrogen) atoms. The molecular formula is C19H17ClN2O3. The summed E-state index contributed by atoms with van der Waals surface area (Å²) in [4.78, 5) is 12.3. The maximum atomic E-state index is 12.3. The predicted molar refractivity (Wildman–Crippen MR) is 98.0 cm³/mol. The lowest BCUT2D eigenvalue weighted by molar-refractivity contribution is -0.112. The lowest BCUT2D eigenvalue weighted by atomic mass is 10.1. The van der Waals surface area contributed by atoms with Gasteiger partial charge in [0.25, 0.3) is 5.91 Å². The summed E-state index contributed by atoms with van der Waals surface area (Å²) in [5.74, 6) is 0.371. The number of carbonyl (C=O) groups excluding carboxylic acids is 1. The van der Waals surface area contributed by atoms with Crippen LogP contribution < -0.4 is 14.8 Å². The van der Waals surface area contributed by atoms with Crippen molar-refractivity contribution < 1.29 is 14.3 Å². The molecule has 2 aromatic rings. The normalized spacial score (nSPS) is 10.8. The van der Waals surface area contributed by atoms with Crippen molar-refractivity contribution in [2.24, 2.45) is 0 Å². The second-order valence-corrected chi connectivity index (χ2v) is 5.63. The highest BCUT2D eigenvalue weighted by atomic mass is 35.5. The number of ether oxygens (including phenoxy) is 2. The van der Waals surface area contributed by atoms with Gasteiger partial charge in [0.15, 0.2) is 0 Å². The van der Waals surface area contributed by atoms with Crippen molar-refractivity contribution in [2.75, 3.05) is 19.5 Å². The largest absolute Gasteiger partial charge is 0.496 e. The van der Waals surface area contributed by atoms with Crippen LogP contribution in [0, 0.1) is 18.3 Å².